The van der Waals surface area contributed by atoms with E-state index in [9.17, 15) is 9.59 Å². The molecule has 1 heterocycles. The summed E-state index contributed by atoms with van der Waals surface area (Å²) in [6, 6.07) is 6.15. The number of carbonyl (C=O) groups excluding carboxylic acids is 1. The molecule has 20 heavy (non-hydrogen) atoms. The molecule has 2 aromatic rings. The molecular formula is C14H12N2O3S. The minimum atomic E-state index is -1.02. The second kappa shape index (κ2) is 5.05. The van der Waals surface area contributed by atoms with Crippen LogP contribution in [0.5, 0.6) is 0 Å². The summed E-state index contributed by atoms with van der Waals surface area (Å²) in [5.41, 5.74) is 0.980. The van der Waals surface area contributed by atoms with Crippen molar-refractivity contribution in [1.29, 1.82) is 0 Å². The summed E-state index contributed by atoms with van der Waals surface area (Å²) in [5, 5.41) is 14.3. The molecule has 0 saturated heterocycles. The second-order valence-electron chi connectivity index (χ2n) is 4.69. The maximum Gasteiger partial charge on any atom is 0.335 e. The largest absolute Gasteiger partial charge is 0.478 e. The van der Waals surface area contributed by atoms with E-state index in [0.29, 0.717) is 17.3 Å². The average Bonchev–Trinajstić information content (AvgIpc) is 3.16. The molecule has 3 rings (SSSR count). The molecule has 5 nitrogen and oxygen atoms in total. The minimum Gasteiger partial charge on any atom is -0.478 e. The van der Waals surface area contributed by atoms with Gasteiger partial charge in [-0.25, -0.2) is 9.78 Å². The van der Waals surface area contributed by atoms with E-state index in [-0.39, 0.29) is 11.5 Å². The molecule has 1 fully saturated rings. The van der Waals surface area contributed by atoms with E-state index >= 15 is 0 Å². The molecule has 0 atom stereocenters. The zero-order chi connectivity index (χ0) is 14.1. The first-order valence-corrected chi connectivity index (χ1v) is 7.11. The van der Waals surface area contributed by atoms with Crippen molar-refractivity contribution in [2.45, 2.75) is 18.8 Å². The van der Waals surface area contributed by atoms with Crippen LogP contribution in [0.1, 0.15) is 44.6 Å². The highest BCUT2D eigenvalue weighted by molar-refractivity contribution is 7.10. The number of nitrogens with zero attached hydrogens (tertiary/aromatic N) is 1. The lowest BCUT2D eigenvalue weighted by Crippen LogP contribution is -2.12. The van der Waals surface area contributed by atoms with Gasteiger partial charge < -0.3 is 10.4 Å². The van der Waals surface area contributed by atoms with Crippen molar-refractivity contribution in [3.05, 3.63) is 45.9 Å². The topological polar surface area (TPSA) is 79.3 Å². The number of carboxylic acid groups (broad SMARTS) is 1. The Labute approximate surface area is 119 Å². The fourth-order valence-electron chi connectivity index (χ4n) is 1.83. The monoisotopic (exact) mass is 288 g/mol. The van der Waals surface area contributed by atoms with Crippen LogP contribution in [0.4, 0.5) is 5.69 Å². The lowest BCUT2D eigenvalue weighted by molar-refractivity contribution is 0.0696. The third-order valence-electron chi connectivity index (χ3n) is 3.05. The fraction of sp³-hybridized carbons (Fsp3) is 0.214. The third kappa shape index (κ3) is 2.70. The number of aromatic nitrogens is 1. The number of benzene rings is 1. The summed E-state index contributed by atoms with van der Waals surface area (Å²) in [6.07, 6.45) is 2.30. The summed E-state index contributed by atoms with van der Waals surface area (Å²) in [7, 11) is 0. The number of aromatic carboxylic acids is 1. The summed E-state index contributed by atoms with van der Waals surface area (Å²) >= 11 is 1.50. The number of amides is 1. The number of hydrogen-bond acceptors (Lipinski definition) is 4. The Hall–Kier alpha value is -2.21. The molecule has 1 aliphatic carbocycles. The van der Waals surface area contributed by atoms with Crippen LogP contribution in [0.25, 0.3) is 0 Å². The van der Waals surface area contributed by atoms with Crippen molar-refractivity contribution in [2.75, 3.05) is 5.32 Å². The average molecular weight is 288 g/mol. The Kier molecular flexibility index (Phi) is 3.23. The fourth-order valence-corrected chi connectivity index (χ4v) is 2.81. The molecular weight excluding hydrogens is 276 g/mol. The van der Waals surface area contributed by atoms with Crippen LogP contribution in [0.2, 0.25) is 0 Å². The first-order valence-electron chi connectivity index (χ1n) is 6.23. The molecule has 1 amide bonds. The van der Waals surface area contributed by atoms with Gasteiger partial charge in [-0.15, -0.1) is 11.3 Å². The van der Waals surface area contributed by atoms with Crippen molar-refractivity contribution in [3.8, 4) is 0 Å². The molecule has 102 valence electrons. The summed E-state index contributed by atoms with van der Waals surface area (Å²) in [5.74, 6) is -0.807. The van der Waals surface area contributed by atoms with Crippen LogP contribution < -0.4 is 5.32 Å². The number of nitrogens with one attached hydrogen (secondary N) is 1. The molecule has 0 aliphatic heterocycles. The van der Waals surface area contributed by atoms with E-state index in [1.807, 2.05) is 0 Å². The van der Waals surface area contributed by atoms with Crippen molar-refractivity contribution >= 4 is 28.9 Å². The highest BCUT2D eigenvalue weighted by Gasteiger charge is 2.27. The van der Waals surface area contributed by atoms with E-state index in [0.717, 1.165) is 17.8 Å². The maximum atomic E-state index is 12.0. The summed E-state index contributed by atoms with van der Waals surface area (Å²) in [4.78, 5) is 27.2. The van der Waals surface area contributed by atoms with Gasteiger partial charge in [-0.05, 0) is 31.0 Å². The Morgan fingerprint density at radius 1 is 1.35 bits per heavy atom. The molecule has 1 saturated carbocycles. The molecule has 0 unspecified atom stereocenters. The van der Waals surface area contributed by atoms with E-state index in [1.165, 1.54) is 23.5 Å². The van der Waals surface area contributed by atoms with Crippen LogP contribution in [0.3, 0.4) is 0 Å². The molecule has 1 aromatic carbocycles. The van der Waals surface area contributed by atoms with Crippen molar-refractivity contribution in [2.24, 2.45) is 0 Å². The number of rotatable bonds is 4. The molecule has 1 aromatic heterocycles. The summed E-state index contributed by atoms with van der Waals surface area (Å²) < 4.78 is 0. The zero-order valence-electron chi connectivity index (χ0n) is 10.5. The third-order valence-corrected chi connectivity index (χ3v) is 4.06. The van der Waals surface area contributed by atoms with E-state index < -0.39 is 5.97 Å². The quantitative estimate of drug-likeness (QED) is 0.906. The van der Waals surface area contributed by atoms with Crippen LogP contribution in [-0.2, 0) is 0 Å². The molecule has 0 spiro atoms. The van der Waals surface area contributed by atoms with Crippen molar-refractivity contribution < 1.29 is 14.7 Å². The maximum absolute atomic E-state index is 12.0. The van der Waals surface area contributed by atoms with Gasteiger partial charge in [0.2, 0.25) is 0 Å². The Balaban J connectivity index is 1.74. The van der Waals surface area contributed by atoms with Crippen LogP contribution in [0.15, 0.2) is 29.6 Å². The van der Waals surface area contributed by atoms with Crippen LogP contribution in [0, 0.1) is 0 Å². The predicted molar refractivity (Wildman–Crippen MR) is 75.4 cm³/mol. The Morgan fingerprint density at radius 2 is 2.15 bits per heavy atom. The van der Waals surface area contributed by atoms with Gasteiger partial charge in [-0.2, -0.15) is 0 Å². The van der Waals surface area contributed by atoms with Gasteiger partial charge in [0.25, 0.3) is 5.91 Å². The highest BCUT2D eigenvalue weighted by atomic mass is 32.1. The number of anilines is 1. The first-order chi connectivity index (χ1) is 9.63. The molecule has 0 radical (unpaired) electrons. The van der Waals surface area contributed by atoms with Gasteiger partial charge in [-0.1, -0.05) is 6.07 Å². The number of thiazole rings is 1. The SMILES string of the molecule is O=C(O)c1cccc(NC(=O)c2csc(C3CC3)n2)c1. The smallest absolute Gasteiger partial charge is 0.335 e. The van der Waals surface area contributed by atoms with Gasteiger partial charge in [0.1, 0.15) is 5.69 Å². The predicted octanol–water partition coefficient (Wildman–Crippen LogP) is 2.97. The van der Waals surface area contributed by atoms with Crippen molar-refractivity contribution in [3.63, 3.8) is 0 Å². The van der Waals surface area contributed by atoms with Gasteiger partial charge in [-0.3, -0.25) is 4.79 Å². The van der Waals surface area contributed by atoms with E-state index in [2.05, 4.69) is 10.3 Å². The van der Waals surface area contributed by atoms with Crippen molar-refractivity contribution in [1.82, 2.24) is 4.98 Å². The first kappa shape index (κ1) is 12.8. The molecule has 1 aliphatic rings. The normalized spacial score (nSPS) is 14.0. The summed E-state index contributed by atoms with van der Waals surface area (Å²) in [6.45, 7) is 0. The van der Waals surface area contributed by atoms with Gasteiger partial charge in [0, 0.05) is 17.0 Å². The lowest BCUT2D eigenvalue weighted by atomic mass is 10.2. The molecule has 6 heteroatoms. The minimum absolute atomic E-state index is 0.139. The molecule has 2 N–H and O–H groups in total. The Bertz CT molecular complexity index is 677. The van der Waals surface area contributed by atoms with E-state index in [4.69, 9.17) is 5.11 Å². The number of carboxylic acids is 1. The van der Waals surface area contributed by atoms with Gasteiger partial charge in [0.15, 0.2) is 0 Å². The van der Waals surface area contributed by atoms with E-state index in [1.54, 1.807) is 17.5 Å². The van der Waals surface area contributed by atoms with Gasteiger partial charge in [0.05, 0.1) is 10.6 Å². The van der Waals surface area contributed by atoms with Crippen LogP contribution in [-0.4, -0.2) is 22.0 Å². The Morgan fingerprint density at radius 3 is 2.85 bits per heavy atom. The zero-order valence-corrected chi connectivity index (χ0v) is 11.3. The lowest BCUT2D eigenvalue weighted by Gasteiger charge is -2.04. The highest BCUT2D eigenvalue weighted by Crippen LogP contribution is 2.41. The number of carbonyl (C=O) groups is 2. The standard InChI is InChI=1S/C14H12N2O3S/c17-12(11-7-20-13(16-11)8-4-5-8)15-10-3-1-2-9(6-10)14(18)19/h1-3,6-8H,4-5H2,(H,15,17)(H,18,19). The van der Waals surface area contributed by atoms with Crippen LogP contribution >= 0.6 is 11.3 Å². The van der Waals surface area contributed by atoms with Gasteiger partial charge >= 0.3 is 5.97 Å². The molecule has 0 bridgehead atoms. The number of hydrogen-bond donors (Lipinski definition) is 2. The second-order valence-corrected chi connectivity index (χ2v) is 5.58.